The maximum absolute atomic E-state index is 12.1. The molecule has 4 rings (SSSR count). The third-order valence-corrected chi connectivity index (χ3v) is 5.71. The fraction of sp³-hybridized carbons (Fsp3) is 0.565. The summed E-state index contributed by atoms with van der Waals surface area (Å²) in [7, 11) is 0. The number of hydrogen-bond acceptors (Lipinski definition) is 6. The number of benzene rings is 1. The van der Waals surface area contributed by atoms with Crippen molar-refractivity contribution < 1.29 is 19.0 Å². The summed E-state index contributed by atoms with van der Waals surface area (Å²) in [6, 6.07) is 9.52. The molecule has 0 saturated carbocycles. The molecule has 1 aromatic heterocycles. The molecule has 0 radical (unpaired) electrons. The molecule has 2 saturated heterocycles. The summed E-state index contributed by atoms with van der Waals surface area (Å²) in [5.41, 5.74) is 0.770. The van der Waals surface area contributed by atoms with E-state index in [1.807, 2.05) is 24.3 Å². The Balaban J connectivity index is 1.26. The van der Waals surface area contributed by atoms with Gasteiger partial charge in [0.1, 0.15) is 5.75 Å². The highest BCUT2D eigenvalue weighted by Gasteiger charge is 2.17. The normalized spacial score (nSPS) is 18.3. The quantitative estimate of drug-likeness (QED) is 0.697. The summed E-state index contributed by atoms with van der Waals surface area (Å²) in [6.45, 7) is 5.59. The molecule has 1 aromatic carbocycles. The summed E-state index contributed by atoms with van der Waals surface area (Å²) in [6.07, 6.45) is 6.18. The SMILES string of the molecule is O=C(NC1CCOCC1)Oc1ccc2cc(OCCCN3CCCCC3)ccc2n1. The number of rotatable bonds is 7. The van der Waals surface area contributed by atoms with Gasteiger partial charge in [0.15, 0.2) is 0 Å². The molecule has 0 spiro atoms. The highest BCUT2D eigenvalue weighted by molar-refractivity contribution is 5.81. The van der Waals surface area contributed by atoms with Gasteiger partial charge in [-0.1, -0.05) is 6.42 Å². The van der Waals surface area contributed by atoms with E-state index >= 15 is 0 Å². The van der Waals surface area contributed by atoms with Gasteiger partial charge in [-0.05, 0) is 69.5 Å². The van der Waals surface area contributed by atoms with Crippen LogP contribution in [-0.4, -0.2) is 61.5 Å². The standard InChI is InChI=1S/C23H31N3O4/c27-23(24-19-9-15-28-16-10-19)30-22-8-5-18-17-20(6-7-21(18)25-22)29-14-4-13-26-11-2-1-3-12-26/h5-8,17,19H,1-4,9-16H2,(H,24,27). The number of aromatic nitrogens is 1. The molecule has 30 heavy (non-hydrogen) atoms. The molecule has 0 bridgehead atoms. The largest absolute Gasteiger partial charge is 0.494 e. The predicted octanol–water partition coefficient (Wildman–Crippen LogP) is 3.76. The molecule has 3 heterocycles. The van der Waals surface area contributed by atoms with E-state index in [0.29, 0.717) is 25.7 Å². The van der Waals surface area contributed by atoms with E-state index in [1.165, 1.54) is 32.4 Å². The second-order valence-corrected chi connectivity index (χ2v) is 8.03. The average Bonchev–Trinajstić information content (AvgIpc) is 2.78. The van der Waals surface area contributed by atoms with Crippen LogP contribution in [0.2, 0.25) is 0 Å². The molecular formula is C23H31N3O4. The highest BCUT2D eigenvalue weighted by atomic mass is 16.6. The zero-order chi connectivity index (χ0) is 20.6. The molecule has 7 nitrogen and oxygen atoms in total. The Labute approximate surface area is 177 Å². The van der Waals surface area contributed by atoms with Gasteiger partial charge in [0.25, 0.3) is 0 Å². The first kappa shape index (κ1) is 20.9. The van der Waals surface area contributed by atoms with Gasteiger partial charge in [-0.15, -0.1) is 0 Å². The molecule has 1 N–H and O–H groups in total. The van der Waals surface area contributed by atoms with Gasteiger partial charge in [0.2, 0.25) is 5.88 Å². The Kier molecular flexibility index (Phi) is 7.37. The van der Waals surface area contributed by atoms with E-state index in [4.69, 9.17) is 14.2 Å². The van der Waals surface area contributed by atoms with E-state index in [2.05, 4.69) is 15.2 Å². The summed E-state index contributed by atoms with van der Waals surface area (Å²) in [4.78, 5) is 19.1. The molecule has 0 aliphatic carbocycles. The van der Waals surface area contributed by atoms with Crippen molar-refractivity contribution in [3.63, 3.8) is 0 Å². The number of piperidine rings is 1. The molecule has 2 aliphatic rings. The number of pyridine rings is 1. The first-order chi connectivity index (χ1) is 14.8. The molecule has 2 fully saturated rings. The lowest BCUT2D eigenvalue weighted by Gasteiger charge is -2.26. The predicted molar refractivity (Wildman–Crippen MR) is 115 cm³/mol. The van der Waals surface area contributed by atoms with Crippen LogP contribution in [-0.2, 0) is 4.74 Å². The number of likely N-dealkylation sites (tertiary alicyclic amines) is 1. The Morgan fingerprint density at radius 2 is 1.97 bits per heavy atom. The van der Waals surface area contributed by atoms with Crippen LogP contribution in [0.1, 0.15) is 38.5 Å². The number of nitrogens with zero attached hydrogens (tertiary/aromatic N) is 2. The lowest BCUT2D eigenvalue weighted by atomic mass is 10.1. The van der Waals surface area contributed by atoms with Crippen molar-refractivity contribution in [1.82, 2.24) is 15.2 Å². The monoisotopic (exact) mass is 413 g/mol. The maximum Gasteiger partial charge on any atom is 0.414 e. The lowest BCUT2D eigenvalue weighted by molar-refractivity contribution is 0.0777. The van der Waals surface area contributed by atoms with Crippen molar-refractivity contribution in [1.29, 1.82) is 0 Å². The van der Waals surface area contributed by atoms with Gasteiger partial charge in [0.05, 0.1) is 12.1 Å². The minimum absolute atomic E-state index is 0.0985. The van der Waals surface area contributed by atoms with Crippen LogP contribution in [0.15, 0.2) is 30.3 Å². The first-order valence-corrected chi connectivity index (χ1v) is 11.1. The average molecular weight is 414 g/mol. The maximum atomic E-state index is 12.1. The number of nitrogens with one attached hydrogen (secondary N) is 1. The second-order valence-electron chi connectivity index (χ2n) is 8.03. The number of ether oxygens (including phenoxy) is 3. The number of carbonyl (C=O) groups is 1. The number of hydrogen-bond donors (Lipinski definition) is 1. The fourth-order valence-corrected chi connectivity index (χ4v) is 4.03. The Morgan fingerprint density at radius 3 is 2.80 bits per heavy atom. The number of amides is 1. The Bertz CT molecular complexity index is 832. The third-order valence-electron chi connectivity index (χ3n) is 5.71. The molecule has 162 valence electrons. The Morgan fingerprint density at radius 1 is 1.13 bits per heavy atom. The minimum atomic E-state index is -0.470. The van der Waals surface area contributed by atoms with Crippen LogP contribution < -0.4 is 14.8 Å². The zero-order valence-corrected chi connectivity index (χ0v) is 17.5. The molecular weight excluding hydrogens is 382 g/mol. The first-order valence-electron chi connectivity index (χ1n) is 11.1. The van der Waals surface area contributed by atoms with E-state index in [-0.39, 0.29) is 6.04 Å². The summed E-state index contributed by atoms with van der Waals surface area (Å²) < 4.78 is 16.6. The van der Waals surface area contributed by atoms with Crippen LogP contribution in [0.3, 0.4) is 0 Å². The van der Waals surface area contributed by atoms with Crippen LogP contribution in [0, 0.1) is 0 Å². The van der Waals surface area contributed by atoms with Crippen LogP contribution in [0.25, 0.3) is 10.9 Å². The van der Waals surface area contributed by atoms with Gasteiger partial charge in [-0.2, -0.15) is 0 Å². The van der Waals surface area contributed by atoms with Crippen molar-refractivity contribution in [2.75, 3.05) is 39.5 Å². The summed E-state index contributed by atoms with van der Waals surface area (Å²) in [5.74, 6) is 1.14. The molecule has 7 heteroatoms. The van der Waals surface area contributed by atoms with Gasteiger partial charge >= 0.3 is 6.09 Å². The molecule has 0 atom stereocenters. The van der Waals surface area contributed by atoms with Gasteiger partial charge in [0, 0.05) is 37.3 Å². The van der Waals surface area contributed by atoms with Crippen molar-refractivity contribution in [3.05, 3.63) is 30.3 Å². The molecule has 0 unspecified atom stereocenters. The van der Waals surface area contributed by atoms with Gasteiger partial charge in [-0.25, -0.2) is 9.78 Å². The van der Waals surface area contributed by atoms with Crippen molar-refractivity contribution in [2.24, 2.45) is 0 Å². The van der Waals surface area contributed by atoms with E-state index in [0.717, 1.165) is 42.5 Å². The molecule has 2 aliphatic heterocycles. The minimum Gasteiger partial charge on any atom is -0.494 e. The van der Waals surface area contributed by atoms with Crippen molar-refractivity contribution in [3.8, 4) is 11.6 Å². The highest BCUT2D eigenvalue weighted by Crippen LogP contribution is 2.22. The number of carbonyl (C=O) groups excluding carboxylic acids is 1. The van der Waals surface area contributed by atoms with Crippen LogP contribution >= 0.6 is 0 Å². The molecule has 2 aromatic rings. The van der Waals surface area contributed by atoms with Crippen molar-refractivity contribution >= 4 is 17.0 Å². The van der Waals surface area contributed by atoms with E-state index in [1.54, 1.807) is 6.07 Å². The summed E-state index contributed by atoms with van der Waals surface area (Å²) in [5, 5.41) is 3.83. The van der Waals surface area contributed by atoms with Crippen LogP contribution in [0.5, 0.6) is 11.6 Å². The fourth-order valence-electron chi connectivity index (χ4n) is 4.03. The van der Waals surface area contributed by atoms with Gasteiger partial charge < -0.3 is 24.4 Å². The zero-order valence-electron chi connectivity index (χ0n) is 17.5. The molecule has 1 amide bonds. The second kappa shape index (κ2) is 10.6. The van der Waals surface area contributed by atoms with Gasteiger partial charge in [-0.3, -0.25) is 0 Å². The lowest BCUT2D eigenvalue weighted by Crippen LogP contribution is -2.40. The number of fused-ring (bicyclic) bond motifs is 1. The summed E-state index contributed by atoms with van der Waals surface area (Å²) >= 11 is 0. The third kappa shape index (κ3) is 6.06. The van der Waals surface area contributed by atoms with Crippen molar-refractivity contribution in [2.45, 2.75) is 44.6 Å². The van der Waals surface area contributed by atoms with E-state index in [9.17, 15) is 4.79 Å². The smallest absolute Gasteiger partial charge is 0.414 e. The van der Waals surface area contributed by atoms with E-state index < -0.39 is 6.09 Å². The topological polar surface area (TPSA) is 72.9 Å². The van der Waals surface area contributed by atoms with Crippen LogP contribution in [0.4, 0.5) is 4.79 Å². The Hall–Kier alpha value is -2.38.